The molecule has 0 amide bonds. The van der Waals surface area contributed by atoms with Crippen LogP contribution >= 0.6 is 11.3 Å². The number of nitrogens with zero attached hydrogens (tertiary/aromatic N) is 1. The Hall–Kier alpha value is -1.16. The third-order valence-corrected chi connectivity index (χ3v) is 5.37. The van der Waals surface area contributed by atoms with Crippen LogP contribution in [0.15, 0.2) is 35.0 Å². The van der Waals surface area contributed by atoms with Crippen molar-refractivity contribution in [3.63, 3.8) is 0 Å². The van der Waals surface area contributed by atoms with Crippen molar-refractivity contribution in [2.75, 3.05) is 6.54 Å². The van der Waals surface area contributed by atoms with Crippen molar-refractivity contribution >= 4 is 11.3 Å². The minimum Gasteiger partial charge on any atom is -0.312 e. The fourth-order valence-electron chi connectivity index (χ4n) is 3.35. The molecule has 2 nitrogen and oxygen atoms in total. The molecule has 3 heteroatoms. The Labute approximate surface area is 130 Å². The molecule has 0 atom stereocenters. The van der Waals surface area contributed by atoms with Gasteiger partial charge in [0.1, 0.15) is 0 Å². The molecule has 1 saturated carbocycles. The highest BCUT2D eigenvalue weighted by atomic mass is 32.1. The Kier molecular flexibility index (Phi) is 3.80. The number of fused-ring (bicyclic) bond motifs is 1. The number of rotatable bonds is 5. The van der Waals surface area contributed by atoms with E-state index in [1.807, 2.05) is 11.3 Å². The number of nitrogens with one attached hydrogen (secondary N) is 1. The molecule has 1 aliphatic carbocycles. The molecule has 0 bridgehead atoms. The quantitative estimate of drug-likeness (QED) is 0.908. The normalized spacial score (nSPS) is 18.0. The number of thiophene rings is 1. The molecule has 0 unspecified atom stereocenters. The minimum atomic E-state index is 0.808. The van der Waals surface area contributed by atoms with Gasteiger partial charge in [0.2, 0.25) is 0 Å². The fourth-order valence-corrected chi connectivity index (χ4v) is 4.01. The van der Waals surface area contributed by atoms with Crippen LogP contribution in [0.5, 0.6) is 0 Å². The maximum absolute atomic E-state index is 3.48. The highest BCUT2D eigenvalue weighted by Gasteiger charge is 2.29. The van der Waals surface area contributed by atoms with Crippen molar-refractivity contribution in [2.45, 2.75) is 44.9 Å². The van der Waals surface area contributed by atoms with Crippen LogP contribution in [0.2, 0.25) is 0 Å². The highest BCUT2D eigenvalue weighted by Crippen LogP contribution is 2.31. The first kappa shape index (κ1) is 13.5. The van der Waals surface area contributed by atoms with Crippen molar-refractivity contribution in [3.05, 3.63) is 57.3 Å². The summed E-state index contributed by atoms with van der Waals surface area (Å²) in [7, 11) is 0. The van der Waals surface area contributed by atoms with E-state index >= 15 is 0 Å². The van der Waals surface area contributed by atoms with E-state index in [1.54, 1.807) is 11.1 Å². The van der Waals surface area contributed by atoms with Gasteiger partial charge in [-0.25, -0.2) is 0 Å². The van der Waals surface area contributed by atoms with Crippen LogP contribution < -0.4 is 5.32 Å². The highest BCUT2D eigenvalue weighted by molar-refractivity contribution is 7.07. The van der Waals surface area contributed by atoms with Crippen LogP contribution in [0, 0.1) is 0 Å². The van der Waals surface area contributed by atoms with E-state index in [1.165, 1.54) is 30.4 Å². The molecule has 0 radical (unpaired) electrons. The van der Waals surface area contributed by atoms with Gasteiger partial charge in [0.25, 0.3) is 0 Å². The van der Waals surface area contributed by atoms with Gasteiger partial charge in [-0.1, -0.05) is 18.2 Å². The molecule has 2 aromatic rings. The molecule has 110 valence electrons. The summed E-state index contributed by atoms with van der Waals surface area (Å²) in [6.45, 7) is 4.38. The third kappa shape index (κ3) is 3.05. The van der Waals surface area contributed by atoms with Gasteiger partial charge in [-0.2, -0.15) is 11.3 Å². The summed E-state index contributed by atoms with van der Waals surface area (Å²) in [4.78, 5) is 2.68. The largest absolute Gasteiger partial charge is 0.312 e. The molecule has 2 aliphatic rings. The van der Waals surface area contributed by atoms with Gasteiger partial charge in [-0.05, 0) is 64.9 Å². The molecular weight excluding hydrogens is 276 g/mol. The second kappa shape index (κ2) is 5.91. The smallest absolute Gasteiger partial charge is 0.0248 e. The van der Waals surface area contributed by atoms with Gasteiger partial charge >= 0.3 is 0 Å². The average molecular weight is 298 g/mol. The molecule has 1 aromatic heterocycles. The van der Waals surface area contributed by atoms with Crippen LogP contribution in [0.3, 0.4) is 0 Å². The van der Waals surface area contributed by atoms with E-state index in [4.69, 9.17) is 0 Å². The molecular formula is C18H22N2S. The second-order valence-corrected chi connectivity index (χ2v) is 7.03. The third-order valence-electron chi connectivity index (χ3n) is 4.64. The summed E-state index contributed by atoms with van der Waals surface area (Å²) in [5.41, 5.74) is 6.13. The van der Waals surface area contributed by atoms with Crippen LogP contribution in [0.4, 0.5) is 0 Å². The Bertz CT molecular complexity index is 602. The minimum absolute atomic E-state index is 0.808. The van der Waals surface area contributed by atoms with Gasteiger partial charge in [0, 0.05) is 25.7 Å². The van der Waals surface area contributed by atoms with Gasteiger partial charge in [0.05, 0.1) is 0 Å². The van der Waals surface area contributed by atoms with Crippen LogP contribution in [0.1, 0.15) is 35.1 Å². The summed E-state index contributed by atoms with van der Waals surface area (Å²) >= 11 is 1.81. The zero-order valence-corrected chi connectivity index (χ0v) is 13.2. The monoisotopic (exact) mass is 298 g/mol. The van der Waals surface area contributed by atoms with Gasteiger partial charge in [0.15, 0.2) is 0 Å². The topological polar surface area (TPSA) is 15.3 Å². The van der Waals surface area contributed by atoms with Gasteiger partial charge in [-0.3, -0.25) is 4.90 Å². The van der Waals surface area contributed by atoms with E-state index in [2.05, 4.69) is 45.2 Å². The molecule has 1 aliphatic heterocycles. The fraction of sp³-hybridized carbons (Fsp3) is 0.444. The Morgan fingerprint density at radius 2 is 2.14 bits per heavy atom. The SMILES string of the molecule is c1cc2c(c(CN(Cc3ccsc3)C3CC3)c1)CCNC2. The zero-order valence-electron chi connectivity index (χ0n) is 12.3. The van der Waals surface area contributed by atoms with E-state index in [0.29, 0.717) is 0 Å². The summed E-state index contributed by atoms with van der Waals surface area (Å²) in [6.07, 6.45) is 3.93. The Morgan fingerprint density at radius 3 is 2.95 bits per heavy atom. The number of benzene rings is 1. The first-order valence-corrected chi connectivity index (χ1v) is 8.90. The van der Waals surface area contributed by atoms with E-state index in [-0.39, 0.29) is 0 Å². The summed E-state index contributed by atoms with van der Waals surface area (Å²) in [5.74, 6) is 0. The summed E-state index contributed by atoms with van der Waals surface area (Å²) < 4.78 is 0. The lowest BCUT2D eigenvalue weighted by molar-refractivity contribution is 0.245. The first-order chi connectivity index (χ1) is 10.4. The van der Waals surface area contributed by atoms with Crippen molar-refractivity contribution in [1.82, 2.24) is 10.2 Å². The first-order valence-electron chi connectivity index (χ1n) is 7.95. The molecule has 4 rings (SSSR count). The van der Waals surface area contributed by atoms with Crippen molar-refractivity contribution in [3.8, 4) is 0 Å². The number of hydrogen-bond acceptors (Lipinski definition) is 3. The average Bonchev–Trinajstić information content (AvgIpc) is 3.25. The van der Waals surface area contributed by atoms with Crippen molar-refractivity contribution < 1.29 is 0 Å². The lowest BCUT2D eigenvalue weighted by Crippen LogP contribution is -2.28. The molecule has 2 heterocycles. The van der Waals surface area contributed by atoms with Crippen molar-refractivity contribution in [1.29, 1.82) is 0 Å². The lowest BCUT2D eigenvalue weighted by Gasteiger charge is -2.26. The van der Waals surface area contributed by atoms with E-state index < -0.39 is 0 Å². The Morgan fingerprint density at radius 1 is 1.19 bits per heavy atom. The summed E-state index contributed by atoms with van der Waals surface area (Å²) in [5, 5.41) is 7.96. The lowest BCUT2D eigenvalue weighted by atomic mass is 9.95. The standard InChI is InChI=1S/C18H22N2S/c1-2-15-10-19-8-6-18(15)16(3-1)12-20(17-4-5-17)11-14-7-9-21-13-14/h1-3,7,9,13,17,19H,4-6,8,10-12H2. The molecule has 1 N–H and O–H groups in total. The predicted octanol–water partition coefficient (Wildman–Crippen LogP) is 3.56. The van der Waals surface area contributed by atoms with Crippen LogP contribution in [0.25, 0.3) is 0 Å². The molecule has 21 heavy (non-hydrogen) atoms. The van der Waals surface area contributed by atoms with E-state index in [9.17, 15) is 0 Å². The maximum atomic E-state index is 3.48. The van der Waals surface area contributed by atoms with Gasteiger partial charge < -0.3 is 5.32 Å². The zero-order chi connectivity index (χ0) is 14.1. The Balaban J connectivity index is 1.55. The van der Waals surface area contributed by atoms with E-state index in [0.717, 1.165) is 32.2 Å². The van der Waals surface area contributed by atoms with Crippen molar-refractivity contribution in [2.24, 2.45) is 0 Å². The van der Waals surface area contributed by atoms with Gasteiger partial charge in [-0.15, -0.1) is 0 Å². The predicted molar refractivity (Wildman–Crippen MR) is 88.4 cm³/mol. The molecule has 1 fully saturated rings. The van der Waals surface area contributed by atoms with Crippen LogP contribution in [-0.2, 0) is 26.1 Å². The maximum Gasteiger partial charge on any atom is 0.0248 e. The number of hydrogen-bond donors (Lipinski definition) is 1. The summed E-state index contributed by atoms with van der Waals surface area (Å²) in [6, 6.07) is 9.93. The molecule has 0 spiro atoms. The second-order valence-electron chi connectivity index (χ2n) is 6.25. The molecule has 1 aromatic carbocycles. The molecule has 0 saturated heterocycles. The van der Waals surface area contributed by atoms with Crippen LogP contribution in [-0.4, -0.2) is 17.5 Å².